The molecule has 1 aliphatic heterocycles. The van der Waals surface area contributed by atoms with Gasteiger partial charge in [0.2, 0.25) is 0 Å². The highest BCUT2D eigenvalue weighted by Crippen LogP contribution is 2.34. The molecule has 4 aromatic rings. The van der Waals surface area contributed by atoms with Crippen LogP contribution in [0.3, 0.4) is 0 Å². The number of nitrogens with zero attached hydrogens (tertiary/aromatic N) is 6. The Bertz CT molecular complexity index is 1480. The Labute approximate surface area is 206 Å². The Kier molecular flexibility index (Phi) is 6.08. The number of carbonyl (C=O) groups is 1. The minimum absolute atomic E-state index is 0.0747. The van der Waals surface area contributed by atoms with Crippen molar-refractivity contribution in [3.05, 3.63) is 65.9 Å². The molecule has 1 amide bonds. The number of carbonyl (C=O) groups excluding carboxylic acids is 1. The van der Waals surface area contributed by atoms with Gasteiger partial charge in [0.1, 0.15) is 29.4 Å². The van der Waals surface area contributed by atoms with Crippen LogP contribution >= 0.6 is 0 Å². The van der Waals surface area contributed by atoms with E-state index in [9.17, 15) is 19.6 Å². The summed E-state index contributed by atoms with van der Waals surface area (Å²) < 4.78 is 15.6. The summed E-state index contributed by atoms with van der Waals surface area (Å²) in [7, 11) is 0. The van der Waals surface area contributed by atoms with Gasteiger partial charge in [-0.15, -0.1) is 0 Å². The molecule has 1 atom stereocenters. The van der Waals surface area contributed by atoms with Gasteiger partial charge in [-0.3, -0.25) is 9.78 Å². The van der Waals surface area contributed by atoms with Crippen molar-refractivity contribution in [1.82, 2.24) is 24.5 Å². The number of nitriles is 1. The lowest BCUT2D eigenvalue weighted by atomic mass is 9.90. The Hall–Kier alpha value is -4.36. The number of aliphatic hydroxyl groups excluding tert-OH is 1. The summed E-state index contributed by atoms with van der Waals surface area (Å²) in [5.41, 5.74) is 10.0. The van der Waals surface area contributed by atoms with E-state index in [0.29, 0.717) is 54.1 Å². The minimum Gasteiger partial charge on any atom is -0.384 e. The molecule has 10 heteroatoms. The molecule has 0 saturated carbocycles. The number of hydrogen-bond donors (Lipinski definition) is 2. The van der Waals surface area contributed by atoms with Crippen LogP contribution < -0.4 is 5.73 Å². The van der Waals surface area contributed by atoms with Gasteiger partial charge in [-0.2, -0.15) is 14.9 Å². The Morgan fingerprint density at radius 3 is 2.58 bits per heavy atom. The van der Waals surface area contributed by atoms with Gasteiger partial charge in [0.25, 0.3) is 5.91 Å². The van der Waals surface area contributed by atoms with Gasteiger partial charge in [-0.05, 0) is 38.0 Å². The Morgan fingerprint density at radius 1 is 1.19 bits per heavy atom. The number of anilines is 1. The quantitative estimate of drug-likeness (QED) is 0.454. The van der Waals surface area contributed by atoms with Crippen molar-refractivity contribution in [3.63, 3.8) is 0 Å². The molecule has 182 valence electrons. The first-order valence-electron chi connectivity index (χ1n) is 11.6. The zero-order valence-corrected chi connectivity index (χ0v) is 19.6. The molecule has 1 fully saturated rings. The third kappa shape index (κ3) is 4.03. The van der Waals surface area contributed by atoms with Crippen molar-refractivity contribution in [3.8, 4) is 28.5 Å². The third-order valence-corrected chi connectivity index (χ3v) is 6.60. The average Bonchev–Trinajstić information content (AvgIpc) is 3.33. The largest absolute Gasteiger partial charge is 0.384 e. The maximum Gasteiger partial charge on any atom is 0.251 e. The predicted octanol–water partition coefficient (Wildman–Crippen LogP) is 3.14. The molecule has 0 spiro atoms. The van der Waals surface area contributed by atoms with Gasteiger partial charge < -0.3 is 15.7 Å². The number of piperidine rings is 1. The van der Waals surface area contributed by atoms with E-state index in [1.165, 1.54) is 17.5 Å². The number of nitrogen functional groups attached to an aromatic ring is 1. The Balaban J connectivity index is 1.50. The fraction of sp³-hybridized carbons (Fsp3) is 0.269. The number of likely N-dealkylation sites (tertiary alicyclic amines) is 1. The molecule has 1 aliphatic rings. The SMILES string of the molecule is C[C@@H](O)C(=O)N1CCC(c2nc3c(-c4ccc(-c5ccccc5F)nc4)cnn3c(N)c2C#N)CC1. The average molecular weight is 486 g/mol. The standard InChI is InChI=1S/C26H24FN7O2/c1-15(35)26(36)33-10-8-16(9-11-33)23-19(12-28)24(29)34-25(32-23)20(14-31-34)17-6-7-22(30-13-17)18-4-2-3-5-21(18)27/h2-7,13-16,35H,8-11,29H2,1H3/t15-/m1/s1. The number of aliphatic hydroxyl groups is 1. The summed E-state index contributed by atoms with van der Waals surface area (Å²) in [6.45, 7) is 2.37. The summed E-state index contributed by atoms with van der Waals surface area (Å²) in [4.78, 5) is 23.0. The van der Waals surface area contributed by atoms with E-state index >= 15 is 0 Å². The van der Waals surface area contributed by atoms with E-state index < -0.39 is 6.10 Å². The van der Waals surface area contributed by atoms with E-state index in [2.05, 4.69) is 16.2 Å². The van der Waals surface area contributed by atoms with Crippen molar-refractivity contribution in [1.29, 1.82) is 5.26 Å². The Morgan fingerprint density at radius 2 is 1.94 bits per heavy atom. The molecular weight excluding hydrogens is 461 g/mol. The molecule has 36 heavy (non-hydrogen) atoms. The molecule has 0 bridgehead atoms. The fourth-order valence-corrected chi connectivity index (χ4v) is 4.67. The highest BCUT2D eigenvalue weighted by molar-refractivity contribution is 5.81. The summed E-state index contributed by atoms with van der Waals surface area (Å²) in [5.74, 6) is -0.532. The number of pyridine rings is 1. The zero-order valence-electron chi connectivity index (χ0n) is 19.6. The van der Waals surface area contributed by atoms with Crippen LogP contribution in [-0.4, -0.2) is 54.7 Å². The maximum atomic E-state index is 14.2. The maximum absolute atomic E-state index is 14.2. The van der Waals surface area contributed by atoms with Crippen molar-refractivity contribution in [2.45, 2.75) is 31.8 Å². The second-order valence-electron chi connectivity index (χ2n) is 8.85. The van der Waals surface area contributed by atoms with Crippen LogP contribution in [0.1, 0.15) is 36.9 Å². The first-order valence-corrected chi connectivity index (χ1v) is 11.6. The molecule has 9 nitrogen and oxygen atoms in total. The van der Waals surface area contributed by atoms with Gasteiger partial charge >= 0.3 is 0 Å². The molecular formula is C26H24FN7O2. The van der Waals surface area contributed by atoms with Gasteiger partial charge in [0, 0.05) is 41.9 Å². The summed E-state index contributed by atoms with van der Waals surface area (Å²) in [6.07, 6.45) is 3.40. The molecule has 4 heterocycles. The lowest BCUT2D eigenvalue weighted by Gasteiger charge is -2.32. The topological polar surface area (TPSA) is 133 Å². The summed E-state index contributed by atoms with van der Waals surface area (Å²) >= 11 is 0. The number of benzene rings is 1. The zero-order chi connectivity index (χ0) is 25.4. The highest BCUT2D eigenvalue weighted by Gasteiger charge is 2.30. The number of aromatic nitrogens is 4. The second kappa shape index (κ2) is 9.36. The normalized spacial score (nSPS) is 15.1. The van der Waals surface area contributed by atoms with E-state index in [1.807, 2.05) is 6.07 Å². The van der Waals surface area contributed by atoms with Crippen molar-refractivity contribution < 1.29 is 14.3 Å². The molecule has 0 radical (unpaired) electrons. The van der Waals surface area contributed by atoms with Gasteiger partial charge in [0.15, 0.2) is 5.65 Å². The minimum atomic E-state index is -1.05. The molecule has 1 aromatic carbocycles. The third-order valence-electron chi connectivity index (χ3n) is 6.60. The molecule has 3 N–H and O–H groups in total. The number of hydrogen-bond acceptors (Lipinski definition) is 7. The van der Waals surface area contributed by atoms with Crippen LogP contribution in [0, 0.1) is 17.1 Å². The van der Waals surface area contributed by atoms with Gasteiger partial charge in [-0.1, -0.05) is 18.2 Å². The smallest absolute Gasteiger partial charge is 0.251 e. The van der Waals surface area contributed by atoms with Gasteiger partial charge in [-0.25, -0.2) is 9.37 Å². The first-order chi connectivity index (χ1) is 17.4. The van der Waals surface area contributed by atoms with E-state index in [-0.39, 0.29) is 29.0 Å². The molecule has 0 aliphatic carbocycles. The van der Waals surface area contributed by atoms with Crippen LogP contribution in [0.25, 0.3) is 28.0 Å². The number of amides is 1. The first kappa shape index (κ1) is 23.4. The number of halogens is 1. The van der Waals surface area contributed by atoms with Crippen molar-refractivity contribution in [2.75, 3.05) is 18.8 Å². The molecule has 0 unspecified atom stereocenters. The lowest BCUT2D eigenvalue weighted by Crippen LogP contribution is -2.42. The summed E-state index contributed by atoms with van der Waals surface area (Å²) in [6, 6.07) is 12.2. The molecule has 3 aromatic heterocycles. The monoisotopic (exact) mass is 485 g/mol. The van der Waals surface area contributed by atoms with Crippen LogP contribution in [0.15, 0.2) is 48.8 Å². The number of nitrogens with two attached hydrogens (primary N) is 1. The molecule has 5 rings (SSSR count). The van der Waals surface area contributed by atoms with Crippen LogP contribution in [0.4, 0.5) is 10.2 Å². The van der Waals surface area contributed by atoms with E-state index in [4.69, 9.17) is 10.7 Å². The number of rotatable bonds is 4. The van der Waals surface area contributed by atoms with Crippen LogP contribution in [-0.2, 0) is 4.79 Å². The lowest BCUT2D eigenvalue weighted by molar-refractivity contribution is -0.140. The highest BCUT2D eigenvalue weighted by atomic mass is 19.1. The number of fused-ring (bicyclic) bond motifs is 1. The van der Waals surface area contributed by atoms with E-state index in [1.54, 1.807) is 41.6 Å². The van der Waals surface area contributed by atoms with E-state index in [0.717, 1.165) is 5.56 Å². The van der Waals surface area contributed by atoms with Gasteiger partial charge in [0.05, 0.1) is 17.6 Å². The van der Waals surface area contributed by atoms with Crippen LogP contribution in [0.2, 0.25) is 0 Å². The fourth-order valence-electron chi connectivity index (χ4n) is 4.67. The van der Waals surface area contributed by atoms with Crippen molar-refractivity contribution in [2.24, 2.45) is 0 Å². The van der Waals surface area contributed by atoms with Crippen LogP contribution in [0.5, 0.6) is 0 Å². The summed E-state index contributed by atoms with van der Waals surface area (Å²) in [5, 5.41) is 23.8. The van der Waals surface area contributed by atoms with Crippen molar-refractivity contribution >= 4 is 17.4 Å². The molecule has 1 saturated heterocycles. The second-order valence-corrected chi connectivity index (χ2v) is 8.85. The predicted molar refractivity (Wildman–Crippen MR) is 131 cm³/mol.